The summed E-state index contributed by atoms with van der Waals surface area (Å²) in [4.78, 5) is 11.3. The Bertz CT molecular complexity index is 396. The zero-order valence-electron chi connectivity index (χ0n) is 12.5. The average molecular weight is 262 g/mol. The summed E-state index contributed by atoms with van der Waals surface area (Å²) in [5.41, 5.74) is 3.93. The van der Waals surface area contributed by atoms with Gasteiger partial charge in [-0.05, 0) is 42.4 Å². The van der Waals surface area contributed by atoms with Crippen LogP contribution >= 0.6 is 0 Å². The summed E-state index contributed by atoms with van der Waals surface area (Å²) in [7, 11) is 1.44. The Morgan fingerprint density at radius 1 is 1.05 bits per heavy atom. The molecule has 0 saturated heterocycles. The van der Waals surface area contributed by atoms with Crippen LogP contribution in [0.15, 0.2) is 18.2 Å². The van der Waals surface area contributed by atoms with Gasteiger partial charge >= 0.3 is 5.97 Å². The van der Waals surface area contributed by atoms with Gasteiger partial charge in [0.1, 0.15) is 0 Å². The molecular weight excluding hydrogens is 236 g/mol. The minimum absolute atomic E-state index is 0.164. The van der Waals surface area contributed by atoms with Gasteiger partial charge in [0, 0.05) is 0 Å². The molecule has 0 aliphatic heterocycles. The van der Waals surface area contributed by atoms with Gasteiger partial charge in [-0.25, -0.2) is 0 Å². The van der Waals surface area contributed by atoms with E-state index in [0.717, 1.165) is 18.4 Å². The van der Waals surface area contributed by atoms with Crippen molar-refractivity contribution in [1.82, 2.24) is 0 Å². The summed E-state index contributed by atoms with van der Waals surface area (Å²) < 4.78 is 4.73. The highest BCUT2D eigenvalue weighted by molar-refractivity contribution is 5.72. The smallest absolute Gasteiger partial charge is 0.309 e. The van der Waals surface area contributed by atoms with Crippen LogP contribution in [0.1, 0.15) is 56.2 Å². The van der Waals surface area contributed by atoms with Crippen molar-refractivity contribution in [3.8, 4) is 0 Å². The topological polar surface area (TPSA) is 26.3 Å². The maximum Gasteiger partial charge on any atom is 0.309 e. The van der Waals surface area contributed by atoms with Crippen molar-refractivity contribution in [2.24, 2.45) is 0 Å². The molecular formula is C17H26O2. The zero-order valence-corrected chi connectivity index (χ0v) is 12.5. The minimum Gasteiger partial charge on any atom is -0.469 e. The first-order valence-electron chi connectivity index (χ1n) is 7.38. The van der Waals surface area contributed by atoms with E-state index in [0.29, 0.717) is 6.42 Å². The number of rotatable bonds is 8. The molecule has 0 spiro atoms. The van der Waals surface area contributed by atoms with Gasteiger partial charge in [-0.2, -0.15) is 0 Å². The lowest BCUT2D eigenvalue weighted by Crippen LogP contribution is -2.06. The molecule has 0 saturated carbocycles. The Labute approximate surface area is 117 Å². The van der Waals surface area contributed by atoms with E-state index in [1.54, 1.807) is 0 Å². The van der Waals surface area contributed by atoms with E-state index in [2.05, 4.69) is 32.0 Å². The van der Waals surface area contributed by atoms with Crippen LogP contribution in [-0.4, -0.2) is 13.1 Å². The highest BCUT2D eigenvalue weighted by Gasteiger charge is 2.07. The maximum atomic E-state index is 11.3. The molecule has 0 fully saturated rings. The molecule has 0 N–H and O–H groups in total. The van der Waals surface area contributed by atoms with Crippen molar-refractivity contribution in [3.05, 3.63) is 34.9 Å². The standard InChI is InChI=1S/C17H26O2/c1-4-6-8-15-11-10-14(13-17(18)19-3)12-16(15)9-7-5-2/h10-12H,4-9,13H2,1-3H3. The lowest BCUT2D eigenvalue weighted by atomic mass is 9.95. The number of hydrogen-bond acceptors (Lipinski definition) is 2. The summed E-state index contributed by atoms with van der Waals surface area (Å²) in [5.74, 6) is -0.164. The number of hydrogen-bond donors (Lipinski definition) is 0. The molecule has 1 aromatic rings. The lowest BCUT2D eigenvalue weighted by molar-refractivity contribution is -0.139. The highest BCUT2D eigenvalue weighted by atomic mass is 16.5. The Hall–Kier alpha value is -1.31. The van der Waals surface area contributed by atoms with Crippen molar-refractivity contribution >= 4 is 5.97 Å². The fourth-order valence-electron chi connectivity index (χ4n) is 2.24. The van der Waals surface area contributed by atoms with Gasteiger partial charge < -0.3 is 4.74 Å². The maximum absolute atomic E-state index is 11.3. The second kappa shape index (κ2) is 8.73. The molecule has 19 heavy (non-hydrogen) atoms. The number of aryl methyl sites for hydroxylation is 2. The molecule has 0 radical (unpaired) electrons. The fourth-order valence-corrected chi connectivity index (χ4v) is 2.24. The van der Waals surface area contributed by atoms with Gasteiger partial charge in [0.15, 0.2) is 0 Å². The summed E-state index contributed by atoms with van der Waals surface area (Å²) in [6.07, 6.45) is 7.50. The Kier molecular flexibility index (Phi) is 7.24. The summed E-state index contributed by atoms with van der Waals surface area (Å²) in [6.45, 7) is 4.43. The van der Waals surface area contributed by atoms with Crippen molar-refractivity contribution < 1.29 is 9.53 Å². The van der Waals surface area contributed by atoms with Crippen molar-refractivity contribution in [2.75, 3.05) is 7.11 Å². The molecule has 0 amide bonds. The summed E-state index contributed by atoms with van der Waals surface area (Å²) >= 11 is 0. The average Bonchev–Trinajstić information content (AvgIpc) is 2.43. The van der Waals surface area contributed by atoms with Crippen LogP contribution in [0.2, 0.25) is 0 Å². The van der Waals surface area contributed by atoms with Gasteiger partial charge in [0.2, 0.25) is 0 Å². The van der Waals surface area contributed by atoms with E-state index in [-0.39, 0.29) is 5.97 Å². The van der Waals surface area contributed by atoms with E-state index in [9.17, 15) is 4.79 Å². The second-order valence-electron chi connectivity index (χ2n) is 5.06. The molecule has 106 valence electrons. The first kappa shape index (κ1) is 15.7. The molecule has 1 rings (SSSR count). The largest absolute Gasteiger partial charge is 0.469 e. The molecule has 0 aliphatic carbocycles. The van der Waals surface area contributed by atoms with Crippen LogP contribution in [0.5, 0.6) is 0 Å². The second-order valence-corrected chi connectivity index (χ2v) is 5.06. The Balaban J connectivity index is 2.83. The Morgan fingerprint density at radius 3 is 2.26 bits per heavy atom. The van der Waals surface area contributed by atoms with Gasteiger partial charge in [-0.1, -0.05) is 44.9 Å². The number of carbonyl (C=O) groups excluding carboxylic acids is 1. The van der Waals surface area contributed by atoms with Crippen molar-refractivity contribution in [2.45, 2.75) is 58.8 Å². The number of methoxy groups -OCH3 is 1. The predicted molar refractivity (Wildman–Crippen MR) is 79.4 cm³/mol. The Morgan fingerprint density at radius 2 is 1.68 bits per heavy atom. The molecule has 2 heteroatoms. The summed E-state index contributed by atoms with van der Waals surface area (Å²) in [6, 6.07) is 6.45. The van der Waals surface area contributed by atoms with Crippen LogP contribution in [-0.2, 0) is 28.8 Å². The number of benzene rings is 1. The summed E-state index contributed by atoms with van der Waals surface area (Å²) in [5, 5.41) is 0. The van der Waals surface area contributed by atoms with E-state index < -0.39 is 0 Å². The predicted octanol–water partition coefficient (Wildman–Crippen LogP) is 4.09. The van der Waals surface area contributed by atoms with E-state index >= 15 is 0 Å². The molecule has 0 atom stereocenters. The van der Waals surface area contributed by atoms with Crippen molar-refractivity contribution in [3.63, 3.8) is 0 Å². The molecule has 1 aromatic carbocycles. The third-order valence-electron chi connectivity index (χ3n) is 3.45. The van der Waals surface area contributed by atoms with Gasteiger partial charge in [-0.15, -0.1) is 0 Å². The first-order chi connectivity index (χ1) is 9.21. The number of unbranched alkanes of at least 4 members (excludes halogenated alkanes) is 2. The molecule has 0 heterocycles. The fraction of sp³-hybridized carbons (Fsp3) is 0.588. The van der Waals surface area contributed by atoms with E-state index in [1.807, 2.05) is 0 Å². The van der Waals surface area contributed by atoms with Gasteiger partial charge in [0.25, 0.3) is 0 Å². The van der Waals surface area contributed by atoms with Crippen molar-refractivity contribution in [1.29, 1.82) is 0 Å². The normalized spacial score (nSPS) is 10.5. The van der Waals surface area contributed by atoms with Crippen LogP contribution in [0.25, 0.3) is 0 Å². The monoisotopic (exact) mass is 262 g/mol. The van der Waals surface area contributed by atoms with Crippen LogP contribution in [0.3, 0.4) is 0 Å². The lowest BCUT2D eigenvalue weighted by Gasteiger charge is -2.11. The third-order valence-corrected chi connectivity index (χ3v) is 3.45. The highest BCUT2D eigenvalue weighted by Crippen LogP contribution is 2.18. The van der Waals surface area contributed by atoms with Gasteiger partial charge in [-0.3, -0.25) is 4.79 Å². The van der Waals surface area contributed by atoms with E-state index in [4.69, 9.17) is 4.74 Å². The zero-order chi connectivity index (χ0) is 14.1. The third kappa shape index (κ3) is 5.46. The molecule has 0 unspecified atom stereocenters. The molecule has 0 aliphatic rings. The molecule has 0 aromatic heterocycles. The van der Waals surface area contributed by atoms with E-state index in [1.165, 1.54) is 43.9 Å². The van der Waals surface area contributed by atoms with Crippen LogP contribution in [0, 0.1) is 0 Å². The quantitative estimate of drug-likeness (QED) is 0.660. The molecule has 2 nitrogen and oxygen atoms in total. The van der Waals surface area contributed by atoms with Gasteiger partial charge in [0.05, 0.1) is 13.5 Å². The first-order valence-corrected chi connectivity index (χ1v) is 7.38. The van der Waals surface area contributed by atoms with Crippen LogP contribution in [0.4, 0.5) is 0 Å². The minimum atomic E-state index is -0.164. The van der Waals surface area contributed by atoms with Crippen LogP contribution < -0.4 is 0 Å². The number of carbonyl (C=O) groups is 1. The number of ether oxygens (including phenoxy) is 1. The number of esters is 1. The SMILES string of the molecule is CCCCc1ccc(CC(=O)OC)cc1CCCC. The molecule has 0 bridgehead atoms.